The van der Waals surface area contributed by atoms with E-state index in [2.05, 4.69) is 9.71 Å². The minimum absolute atomic E-state index is 0.0254. The Labute approximate surface area is 157 Å². The average Bonchev–Trinajstić information content (AvgIpc) is 2.63. The Hall–Kier alpha value is -1.18. The quantitative estimate of drug-likeness (QED) is 0.827. The Kier molecular flexibility index (Phi) is 5.96. The van der Waals surface area contributed by atoms with Gasteiger partial charge in [0.15, 0.2) is 0 Å². The first-order valence-corrected chi connectivity index (χ1v) is 10.2. The summed E-state index contributed by atoms with van der Waals surface area (Å²) in [5.74, 6) is 0.116. The minimum atomic E-state index is -3.85. The molecule has 1 unspecified atom stereocenters. The van der Waals surface area contributed by atoms with Crippen LogP contribution in [0.3, 0.4) is 0 Å². The SMILES string of the molecule is O=S(=O)(NC(c1cccnc1)C1CCOCC1)c1cc(Cl)ccc1Cl. The van der Waals surface area contributed by atoms with Gasteiger partial charge in [0.25, 0.3) is 0 Å². The molecule has 134 valence electrons. The number of benzene rings is 1. The van der Waals surface area contributed by atoms with E-state index in [9.17, 15) is 8.42 Å². The fraction of sp³-hybridized carbons (Fsp3) is 0.353. The summed E-state index contributed by atoms with van der Waals surface area (Å²) >= 11 is 12.0. The molecule has 1 aromatic heterocycles. The molecule has 5 nitrogen and oxygen atoms in total. The van der Waals surface area contributed by atoms with Crippen LogP contribution in [0, 0.1) is 5.92 Å². The highest BCUT2D eigenvalue weighted by molar-refractivity contribution is 7.89. The highest BCUT2D eigenvalue weighted by Gasteiger charge is 2.31. The fourth-order valence-electron chi connectivity index (χ4n) is 2.96. The van der Waals surface area contributed by atoms with Gasteiger partial charge in [-0.15, -0.1) is 0 Å². The van der Waals surface area contributed by atoms with Gasteiger partial charge in [0.2, 0.25) is 10.0 Å². The molecule has 1 N–H and O–H groups in total. The molecule has 0 saturated carbocycles. The summed E-state index contributed by atoms with van der Waals surface area (Å²) in [5.41, 5.74) is 0.816. The van der Waals surface area contributed by atoms with Crippen LogP contribution in [-0.4, -0.2) is 26.6 Å². The van der Waals surface area contributed by atoms with E-state index in [4.69, 9.17) is 27.9 Å². The van der Waals surface area contributed by atoms with Gasteiger partial charge < -0.3 is 4.74 Å². The minimum Gasteiger partial charge on any atom is -0.381 e. The molecule has 0 spiro atoms. The molecule has 0 radical (unpaired) electrons. The molecule has 1 aromatic carbocycles. The zero-order valence-electron chi connectivity index (χ0n) is 13.4. The molecule has 0 aliphatic carbocycles. The monoisotopic (exact) mass is 400 g/mol. The van der Waals surface area contributed by atoms with Crippen LogP contribution in [-0.2, 0) is 14.8 Å². The summed E-state index contributed by atoms with van der Waals surface area (Å²) in [7, 11) is -3.85. The predicted octanol–water partition coefficient (Wildman–Crippen LogP) is 3.83. The van der Waals surface area contributed by atoms with Gasteiger partial charge in [-0.25, -0.2) is 13.1 Å². The topological polar surface area (TPSA) is 68.3 Å². The molecule has 0 amide bonds. The van der Waals surface area contributed by atoms with Crippen molar-refractivity contribution in [2.24, 2.45) is 5.92 Å². The Morgan fingerprint density at radius 1 is 1.20 bits per heavy atom. The number of aromatic nitrogens is 1. The van der Waals surface area contributed by atoms with E-state index in [1.54, 1.807) is 24.5 Å². The third kappa shape index (κ3) is 4.51. The first-order valence-electron chi connectivity index (χ1n) is 7.92. The fourth-order valence-corrected chi connectivity index (χ4v) is 5.02. The molecule has 1 aliphatic heterocycles. The van der Waals surface area contributed by atoms with E-state index in [1.165, 1.54) is 12.1 Å². The summed E-state index contributed by atoms with van der Waals surface area (Å²) < 4.78 is 34.1. The lowest BCUT2D eigenvalue weighted by Gasteiger charge is -2.31. The third-order valence-electron chi connectivity index (χ3n) is 4.25. The molecule has 2 heterocycles. The lowest BCUT2D eigenvalue weighted by atomic mass is 9.88. The van der Waals surface area contributed by atoms with Crippen molar-refractivity contribution in [3.63, 3.8) is 0 Å². The molecule has 8 heteroatoms. The number of nitrogens with zero attached hydrogens (tertiary/aromatic N) is 1. The second kappa shape index (κ2) is 8.01. The summed E-state index contributed by atoms with van der Waals surface area (Å²) in [6, 6.07) is 7.65. The third-order valence-corrected chi connectivity index (χ3v) is 6.40. The zero-order valence-corrected chi connectivity index (χ0v) is 15.7. The average molecular weight is 401 g/mol. The molecule has 1 fully saturated rings. The first-order chi connectivity index (χ1) is 12.0. The molecule has 3 rings (SSSR count). The van der Waals surface area contributed by atoms with Crippen LogP contribution in [0.25, 0.3) is 0 Å². The van der Waals surface area contributed by atoms with E-state index in [1.807, 2.05) is 6.07 Å². The number of nitrogens with one attached hydrogen (secondary N) is 1. The van der Waals surface area contributed by atoms with E-state index in [0.29, 0.717) is 18.2 Å². The molecule has 2 aromatic rings. The second-order valence-electron chi connectivity index (χ2n) is 5.91. The van der Waals surface area contributed by atoms with Gasteiger partial charge >= 0.3 is 0 Å². The Balaban J connectivity index is 1.95. The Bertz CT molecular complexity index is 825. The number of hydrogen-bond donors (Lipinski definition) is 1. The van der Waals surface area contributed by atoms with Crippen LogP contribution >= 0.6 is 23.2 Å². The zero-order chi connectivity index (χ0) is 17.9. The second-order valence-corrected chi connectivity index (χ2v) is 8.44. The van der Waals surface area contributed by atoms with Crippen molar-refractivity contribution in [1.82, 2.24) is 9.71 Å². The van der Waals surface area contributed by atoms with Crippen LogP contribution in [0.15, 0.2) is 47.6 Å². The predicted molar refractivity (Wildman–Crippen MR) is 97.3 cm³/mol. The van der Waals surface area contributed by atoms with Crippen molar-refractivity contribution in [2.45, 2.75) is 23.8 Å². The van der Waals surface area contributed by atoms with E-state index in [-0.39, 0.29) is 15.8 Å². The van der Waals surface area contributed by atoms with Gasteiger partial charge in [-0.3, -0.25) is 4.98 Å². The van der Waals surface area contributed by atoms with Crippen molar-refractivity contribution in [3.05, 3.63) is 58.3 Å². The van der Waals surface area contributed by atoms with Gasteiger partial charge in [-0.05, 0) is 48.6 Å². The smallest absolute Gasteiger partial charge is 0.242 e. The number of ether oxygens (including phenoxy) is 1. The maximum Gasteiger partial charge on any atom is 0.242 e. The van der Waals surface area contributed by atoms with Crippen LogP contribution in [0.1, 0.15) is 24.4 Å². The van der Waals surface area contributed by atoms with Crippen LogP contribution in [0.4, 0.5) is 0 Å². The normalized spacial score (nSPS) is 17.4. The van der Waals surface area contributed by atoms with Gasteiger partial charge in [0.05, 0.1) is 11.1 Å². The molecule has 0 bridgehead atoms. The molecule has 1 atom stereocenters. The number of sulfonamides is 1. The van der Waals surface area contributed by atoms with Crippen LogP contribution in [0.5, 0.6) is 0 Å². The van der Waals surface area contributed by atoms with E-state index < -0.39 is 16.1 Å². The highest BCUT2D eigenvalue weighted by atomic mass is 35.5. The Morgan fingerprint density at radius 3 is 2.64 bits per heavy atom. The standard InChI is InChI=1S/C17H18Cl2N2O3S/c18-14-3-4-15(19)16(10-14)25(22,23)21-17(12-5-8-24-9-6-12)13-2-1-7-20-11-13/h1-4,7,10-12,17,21H,5-6,8-9H2. The summed E-state index contributed by atoms with van der Waals surface area (Å²) in [4.78, 5) is 4.10. The summed E-state index contributed by atoms with van der Waals surface area (Å²) in [5, 5.41) is 0.447. The number of hydrogen-bond acceptors (Lipinski definition) is 4. The highest BCUT2D eigenvalue weighted by Crippen LogP contribution is 2.33. The summed E-state index contributed by atoms with van der Waals surface area (Å²) in [6.07, 6.45) is 4.88. The largest absolute Gasteiger partial charge is 0.381 e. The van der Waals surface area contributed by atoms with Crippen molar-refractivity contribution >= 4 is 33.2 Å². The van der Waals surface area contributed by atoms with Gasteiger partial charge in [-0.1, -0.05) is 29.3 Å². The van der Waals surface area contributed by atoms with Gasteiger partial charge in [-0.2, -0.15) is 0 Å². The van der Waals surface area contributed by atoms with Crippen molar-refractivity contribution < 1.29 is 13.2 Å². The van der Waals surface area contributed by atoms with Gasteiger partial charge in [0.1, 0.15) is 4.90 Å². The van der Waals surface area contributed by atoms with Crippen molar-refractivity contribution in [1.29, 1.82) is 0 Å². The first kappa shape index (κ1) is 18.6. The molecule has 1 saturated heterocycles. The van der Waals surface area contributed by atoms with Crippen molar-refractivity contribution in [2.75, 3.05) is 13.2 Å². The Morgan fingerprint density at radius 2 is 1.96 bits per heavy atom. The maximum absolute atomic E-state index is 12.9. The van der Waals surface area contributed by atoms with E-state index in [0.717, 1.165) is 18.4 Å². The molecule has 1 aliphatic rings. The number of pyridine rings is 1. The van der Waals surface area contributed by atoms with Crippen LogP contribution < -0.4 is 4.72 Å². The van der Waals surface area contributed by atoms with E-state index >= 15 is 0 Å². The molecule has 25 heavy (non-hydrogen) atoms. The number of rotatable bonds is 5. The molecular formula is C17H18Cl2N2O3S. The summed E-state index contributed by atoms with van der Waals surface area (Å²) in [6.45, 7) is 1.22. The maximum atomic E-state index is 12.9. The molecular weight excluding hydrogens is 383 g/mol. The number of halogens is 2. The van der Waals surface area contributed by atoms with Crippen molar-refractivity contribution in [3.8, 4) is 0 Å². The van der Waals surface area contributed by atoms with Crippen LogP contribution in [0.2, 0.25) is 10.0 Å². The van der Waals surface area contributed by atoms with Gasteiger partial charge in [0, 0.05) is 30.6 Å². The lowest BCUT2D eigenvalue weighted by Crippen LogP contribution is -2.36. The lowest BCUT2D eigenvalue weighted by molar-refractivity contribution is 0.0564.